The fourth-order valence-electron chi connectivity index (χ4n) is 2.44. The molecule has 0 radical (unpaired) electrons. The van der Waals surface area contributed by atoms with Gasteiger partial charge in [-0.15, -0.1) is 0 Å². The van der Waals surface area contributed by atoms with Crippen LogP contribution in [0.25, 0.3) is 0 Å². The topological polar surface area (TPSA) is 71.1 Å². The molecule has 162 valence electrons. The van der Waals surface area contributed by atoms with E-state index in [1.807, 2.05) is 0 Å². The molecule has 0 saturated heterocycles. The van der Waals surface area contributed by atoms with Gasteiger partial charge in [0.25, 0.3) is 0 Å². The molecule has 0 aliphatic carbocycles. The number of hydrogen-bond acceptors (Lipinski definition) is 6. The van der Waals surface area contributed by atoms with Gasteiger partial charge in [0.1, 0.15) is 0 Å². The van der Waals surface area contributed by atoms with E-state index in [1.54, 1.807) is 27.7 Å². The predicted molar refractivity (Wildman–Crippen MR) is 126 cm³/mol. The molecule has 1 aromatic carbocycles. The van der Waals surface area contributed by atoms with E-state index in [0.717, 1.165) is 0 Å². The predicted octanol–water partition coefficient (Wildman–Crippen LogP) is 8.27. The Morgan fingerprint density at radius 2 is 0.857 bits per heavy atom. The summed E-state index contributed by atoms with van der Waals surface area (Å²) >= 11 is 14.2. The van der Waals surface area contributed by atoms with E-state index >= 15 is 0 Å². The fourth-order valence-corrected chi connectivity index (χ4v) is 9.83. The summed E-state index contributed by atoms with van der Waals surface area (Å²) in [7, 11) is -6.71. The lowest BCUT2D eigenvalue weighted by Crippen LogP contribution is -2.05. The third kappa shape index (κ3) is 7.25. The molecule has 0 aromatic heterocycles. The first-order valence-corrected chi connectivity index (χ1v) is 15.3. The number of rotatable bonds is 12. The minimum absolute atomic E-state index is 0.0439. The van der Waals surface area contributed by atoms with Gasteiger partial charge in [-0.25, -0.2) is 0 Å². The highest BCUT2D eigenvalue weighted by Gasteiger charge is 2.33. The smallest absolute Gasteiger partial charge is 0.309 e. The zero-order valence-electron chi connectivity index (χ0n) is 16.1. The van der Waals surface area contributed by atoms with Crippen LogP contribution in [0.1, 0.15) is 38.8 Å². The van der Waals surface area contributed by atoms with Crippen molar-refractivity contribution in [2.75, 3.05) is 26.4 Å². The van der Waals surface area contributed by atoms with Gasteiger partial charge < -0.3 is 18.1 Å². The van der Waals surface area contributed by atoms with Crippen molar-refractivity contribution in [3.63, 3.8) is 0 Å². The summed E-state index contributed by atoms with van der Waals surface area (Å²) in [6, 6.07) is 0. The number of benzene rings is 1. The quantitative estimate of drug-likeness (QED) is 0.125. The Hall–Kier alpha value is 1.44. The molecule has 6 nitrogen and oxygen atoms in total. The van der Waals surface area contributed by atoms with Crippen molar-refractivity contribution in [2.45, 2.75) is 40.0 Å². The second-order valence-corrected chi connectivity index (χ2v) is 12.7. The second kappa shape index (κ2) is 12.5. The first kappa shape index (κ1) is 27.5. The molecule has 0 amide bonds. The summed E-state index contributed by atoms with van der Waals surface area (Å²) in [5.41, 5.74) is 1.35. The molecule has 1 rings (SSSR count). The van der Waals surface area contributed by atoms with Gasteiger partial charge in [-0.05, 0) is 86.6 Å². The van der Waals surface area contributed by atoms with E-state index in [4.69, 9.17) is 18.1 Å². The summed E-state index contributed by atoms with van der Waals surface area (Å²) < 4.78 is 50.6. The summed E-state index contributed by atoms with van der Waals surface area (Å²) in [5.74, 6) is 0. The highest BCUT2D eigenvalue weighted by molar-refractivity contribution is 9.14. The van der Waals surface area contributed by atoms with Crippen LogP contribution in [0.3, 0.4) is 0 Å². The zero-order valence-corrected chi connectivity index (χ0v) is 24.2. The van der Waals surface area contributed by atoms with E-state index in [9.17, 15) is 9.13 Å². The monoisotopic (exact) mass is 690 g/mol. The Balaban J connectivity index is 3.49. The minimum Gasteiger partial charge on any atom is -0.309 e. The van der Waals surface area contributed by atoms with Crippen LogP contribution in [-0.4, -0.2) is 26.4 Å². The van der Waals surface area contributed by atoms with Gasteiger partial charge in [-0.3, -0.25) is 9.13 Å². The van der Waals surface area contributed by atoms with Gasteiger partial charge in [-0.1, -0.05) is 15.9 Å². The van der Waals surface area contributed by atoms with Gasteiger partial charge in [0.05, 0.1) is 38.8 Å². The second-order valence-electron chi connectivity index (χ2n) is 5.42. The zero-order chi connectivity index (χ0) is 21.5. The molecule has 0 aliphatic heterocycles. The molecular formula is C16H24Br4O6P2. The van der Waals surface area contributed by atoms with E-state index in [0.29, 0.717) is 29.0 Å². The first-order chi connectivity index (χ1) is 13.1. The molecule has 0 atom stereocenters. The Morgan fingerprint density at radius 1 is 0.571 bits per heavy atom. The highest BCUT2D eigenvalue weighted by atomic mass is 79.9. The van der Waals surface area contributed by atoms with Gasteiger partial charge in [0, 0.05) is 17.9 Å². The van der Waals surface area contributed by atoms with Crippen molar-refractivity contribution in [3.8, 4) is 0 Å². The Morgan fingerprint density at radius 3 is 1.11 bits per heavy atom. The van der Waals surface area contributed by atoms with Crippen LogP contribution < -0.4 is 0 Å². The molecule has 12 heteroatoms. The van der Waals surface area contributed by atoms with Crippen LogP contribution in [-0.2, 0) is 39.5 Å². The van der Waals surface area contributed by atoms with E-state index in [1.165, 1.54) is 0 Å². The van der Waals surface area contributed by atoms with Crippen molar-refractivity contribution in [3.05, 3.63) is 29.0 Å². The lowest BCUT2D eigenvalue weighted by Gasteiger charge is -2.23. The molecule has 0 saturated carbocycles. The van der Waals surface area contributed by atoms with E-state index < -0.39 is 15.2 Å². The third-order valence-electron chi connectivity index (χ3n) is 3.45. The first-order valence-electron chi connectivity index (χ1n) is 8.67. The summed E-state index contributed by atoms with van der Waals surface area (Å²) in [4.78, 5) is 0. The average Bonchev–Trinajstić information content (AvgIpc) is 2.62. The highest BCUT2D eigenvalue weighted by Crippen LogP contribution is 2.58. The van der Waals surface area contributed by atoms with Gasteiger partial charge in [0.15, 0.2) is 0 Å². The molecule has 0 fully saturated rings. The maximum absolute atomic E-state index is 13.1. The maximum atomic E-state index is 13.1. The molecular weight excluding hydrogens is 670 g/mol. The van der Waals surface area contributed by atoms with Crippen molar-refractivity contribution >= 4 is 78.9 Å². The standard InChI is InChI=1S/C16H24Br4O6P2/c1-5-23-27(21,24-6-2)9-11-13(17)12(15(19)16(20)14(11)18)10-28(22,25-7-3)26-8-4/h5-10H2,1-4H3. The van der Waals surface area contributed by atoms with Crippen molar-refractivity contribution in [1.82, 2.24) is 0 Å². The van der Waals surface area contributed by atoms with Crippen LogP contribution in [0.2, 0.25) is 0 Å². The van der Waals surface area contributed by atoms with Gasteiger partial charge in [-0.2, -0.15) is 0 Å². The SMILES string of the molecule is CCOP(=O)(Cc1c(Br)c(Br)c(Br)c(CP(=O)(OCC)OCC)c1Br)OCC. The molecule has 0 bridgehead atoms. The normalized spacial score (nSPS) is 12.6. The fraction of sp³-hybridized carbons (Fsp3) is 0.625. The largest absolute Gasteiger partial charge is 0.335 e. The summed E-state index contributed by atoms with van der Waals surface area (Å²) in [5, 5.41) is 0. The maximum Gasteiger partial charge on any atom is 0.335 e. The molecule has 0 heterocycles. The Kier molecular flexibility index (Phi) is 12.2. The summed E-state index contributed by atoms with van der Waals surface area (Å²) in [6.45, 7) is 8.11. The van der Waals surface area contributed by atoms with Crippen LogP contribution in [0.4, 0.5) is 0 Å². The third-order valence-corrected chi connectivity index (χ3v) is 12.0. The van der Waals surface area contributed by atoms with E-state index in [2.05, 4.69) is 63.7 Å². The Labute approximate surface area is 200 Å². The molecule has 0 spiro atoms. The molecule has 28 heavy (non-hydrogen) atoms. The van der Waals surface area contributed by atoms with Crippen LogP contribution >= 0.6 is 78.9 Å². The molecule has 0 N–H and O–H groups in total. The van der Waals surface area contributed by atoms with Crippen molar-refractivity contribution in [1.29, 1.82) is 0 Å². The minimum atomic E-state index is -3.35. The average molecular weight is 694 g/mol. The lowest BCUT2D eigenvalue weighted by molar-refractivity contribution is 0.218. The van der Waals surface area contributed by atoms with Crippen LogP contribution in [0.5, 0.6) is 0 Å². The Bertz CT molecular complexity index is 695. The number of halogens is 4. The molecule has 0 unspecified atom stereocenters. The van der Waals surface area contributed by atoms with Crippen LogP contribution in [0, 0.1) is 0 Å². The molecule has 0 aliphatic rings. The lowest BCUT2D eigenvalue weighted by atomic mass is 10.1. The van der Waals surface area contributed by atoms with Crippen LogP contribution in [0.15, 0.2) is 17.9 Å². The van der Waals surface area contributed by atoms with Crippen molar-refractivity contribution < 1.29 is 27.2 Å². The number of hydrogen-bond donors (Lipinski definition) is 0. The molecule has 1 aromatic rings. The van der Waals surface area contributed by atoms with E-state index in [-0.39, 0.29) is 38.8 Å². The van der Waals surface area contributed by atoms with Gasteiger partial charge in [0.2, 0.25) is 0 Å². The summed E-state index contributed by atoms with van der Waals surface area (Å²) in [6.07, 6.45) is 0.0879. The van der Waals surface area contributed by atoms with Crippen molar-refractivity contribution in [2.24, 2.45) is 0 Å². The van der Waals surface area contributed by atoms with Gasteiger partial charge >= 0.3 is 15.2 Å².